The van der Waals surface area contributed by atoms with Crippen molar-refractivity contribution in [3.63, 3.8) is 0 Å². The lowest BCUT2D eigenvalue weighted by atomic mass is 10.4. The number of aliphatic hydroxyl groups is 4. The molecule has 6 nitrogen and oxygen atoms in total. The van der Waals surface area contributed by atoms with E-state index in [4.69, 9.17) is 25.2 Å². The van der Waals surface area contributed by atoms with Crippen molar-refractivity contribution in [3.05, 3.63) is 0 Å². The van der Waals surface area contributed by atoms with Gasteiger partial charge in [0.25, 0.3) is 0 Å². The molecular weight excluding hydrogens is 204 g/mol. The quantitative estimate of drug-likeness (QED) is 0.371. The van der Waals surface area contributed by atoms with Crippen LogP contribution in [0.2, 0.25) is 0 Å². The summed E-state index contributed by atoms with van der Waals surface area (Å²) in [6, 6.07) is 0. The van der Waals surface area contributed by atoms with Crippen molar-refractivity contribution in [2.45, 2.75) is 13.0 Å². The van der Waals surface area contributed by atoms with Crippen LogP contribution in [0.1, 0.15) is 6.92 Å². The minimum atomic E-state index is -0.713. The molecule has 4 N–H and O–H groups in total. The SMILES string of the molecule is CCOCC(O)CO.OCCOCCO. The van der Waals surface area contributed by atoms with Crippen LogP contribution < -0.4 is 0 Å². The van der Waals surface area contributed by atoms with Gasteiger partial charge in [0, 0.05) is 6.61 Å². The Morgan fingerprint density at radius 2 is 1.53 bits per heavy atom. The predicted octanol–water partition coefficient (Wildman–Crippen LogP) is -1.64. The number of rotatable bonds is 8. The second-order valence-corrected chi connectivity index (χ2v) is 2.56. The van der Waals surface area contributed by atoms with Crippen molar-refractivity contribution in [1.29, 1.82) is 0 Å². The molecule has 1 unspecified atom stereocenters. The Morgan fingerprint density at radius 3 is 1.87 bits per heavy atom. The summed E-state index contributed by atoms with van der Waals surface area (Å²) in [6.45, 7) is 3.12. The average Bonchev–Trinajstić information content (AvgIpc) is 2.27. The van der Waals surface area contributed by atoms with E-state index in [0.29, 0.717) is 19.8 Å². The number of hydrogen-bond donors (Lipinski definition) is 4. The molecule has 0 aromatic carbocycles. The third kappa shape index (κ3) is 20.0. The Bertz CT molecular complexity index is 96.6. The minimum absolute atomic E-state index is 0.0278. The molecule has 0 heterocycles. The van der Waals surface area contributed by atoms with Gasteiger partial charge in [-0.05, 0) is 6.92 Å². The maximum atomic E-state index is 8.61. The third-order valence-electron chi connectivity index (χ3n) is 1.20. The summed E-state index contributed by atoms with van der Waals surface area (Å²) in [4.78, 5) is 0. The highest BCUT2D eigenvalue weighted by Crippen LogP contribution is 1.81. The molecule has 0 aliphatic rings. The van der Waals surface area contributed by atoms with Gasteiger partial charge < -0.3 is 29.9 Å². The first-order valence-corrected chi connectivity index (χ1v) is 4.89. The monoisotopic (exact) mass is 226 g/mol. The van der Waals surface area contributed by atoms with Crippen LogP contribution in [0.3, 0.4) is 0 Å². The summed E-state index contributed by atoms with van der Waals surface area (Å²) in [5.41, 5.74) is 0. The first-order valence-electron chi connectivity index (χ1n) is 4.89. The third-order valence-corrected chi connectivity index (χ3v) is 1.20. The summed E-state index contributed by atoms with van der Waals surface area (Å²) in [5.74, 6) is 0. The molecule has 0 spiro atoms. The van der Waals surface area contributed by atoms with E-state index in [1.165, 1.54) is 0 Å². The largest absolute Gasteiger partial charge is 0.394 e. The van der Waals surface area contributed by atoms with Gasteiger partial charge in [0.1, 0.15) is 6.10 Å². The van der Waals surface area contributed by atoms with Crippen LogP contribution in [0.15, 0.2) is 0 Å². The van der Waals surface area contributed by atoms with Gasteiger partial charge in [-0.3, -0.25) is 0 Å². The summed E-state index contributed by atoms with van der Waals surface area (Å²) in [5, 5.41) is 33.0. The number of hydrogen-bond acceptors (Lipinski definition) is 6. The van der Waals surface area contributed by atoms with Crippen LogP contribution in [0.25, 0.3) is 0 Å². The number of aliphatic hydroxyl groups excluding tert-OH is 4. The van der Waals surface area contributed by atoms with Crippen LogP contribution in [0.4, 0.5) is 0 Å². The molecule has 0 bridgehead atoms. The molecule has 0 amide bonds. The Morgan fingerprint density at radius 1 is 1.00 bits per heavy atom. The van der Waals surface area contributed by atoms with Crippen LogP contribution in [0, 0.1) is 0 Å². The normalized spacial score (nSPS) is 11.8. The molecule has 94 valence electrons. The van der Waals surface area contributed by atoms with Gasteiger partial charge in [0.05, 0.1) is 39.6 Å². The predicted molar refractivity (Wildman–Crippen MR) is 54.6 cm³/mol. The first-order chi connectivity index (χ1) is 7.22. The van der Waals surface area contributed by atoms with Gasteiger partial charge in [0.2, 0.25) is 0 Å². The highest BCUT2D eigenvalue weighted by Gasteiger charge is 1.98. The van der Waals surface area contributed by atoms with Gasteiger partial charge in [-0.25, -0.2) is 0 Å². The second-order valence-electron chi connectivity index (χ2n) is 2.56. The summed E-state index contributed by atoms with van der Waals surface area (Å²) in [7, 11) is 0. The minimum Gasteiger partial charge on any atom is -0.394 e. The molecule has 0 saturated carbocycles. The summed E-state index contributed by atoms with van der Waals surface area (Å²) >= 11 is 0. The lowest BCUT2D eigenvalue weighted by Gasteiger charge is -2.04. The highest BCUT2D eigenvalue weighted by molar-refractivity contribution is 4.47. The zero-order valence-electron chi connectivity index (χ0n) is 9.13. The fourth-order valence-electron chi connectivity index (χ4n) is 0.538. The topological polar surface area (TPSA) is 99.4 Å². The van der Waals surface area contributed by atoms with Crippen LogP contribution >= 0.6 is 0 Å². The van der Waals surface area contributed by atoms with Gasteiger partial charge in [-0.1, -0.05) is 0 Å². The van der Waals surface area contributed by atoms with Crippen molar-refractivity contribution in [2.75, 3.05) is 46.2 Å². The fourth-order valence-corrected chi connectivity index (χ4v) is 0.538. The van der Waals surface area contributed by atoms with E-state index in [-0.39, 0.29) is 26.4 Å². The molecule has 1 atom stereocenters. The Labute approximate surface area is 90.1 Å². The highest BCUT2D eigenvalue weighted by atomic mass is 16.5. The molecule has 0 saturated heterocycles. The first kappa shape index (κ1) is 17.2. The maximum absolute atomic E-state index is 8.61. The Balaban J connectivity index is 0. The van der Waals surface area contributed by atoms with E-state index in [1.54, 1.807) is 0 Å². The van der Waals surface area contributed by atoms with Crippen LogP contribution in [0.5, 0.6) is 0 Å². The van der Waals surface area contributed by atoms with E-state index >= 15 is 0 Å². The standard InChI is InChI=1S/C5H12O3.C4H10O3/c1-2-8-4-5(7)3-6;5-1-3-7-4-2-6/h5-7H,2-4H2,1H3;5-6H,1-4H2. The molecule has 0 aliphatic heterocycles. The van der Waals surface area contributed by atoms with E-state index in [0.717, 1.165) is 0 Å². The molecule has 0 fully saturated rings. The molecule has 0 aliphatic carbocycles. The van der Waals surface area contributed by atoms with E-state index in [9.17, 15) is 0 Å². The molecule has 0 rings (SSSR count). The lowest BCUT2D eigenvalue weighted by Crippen LogP contribution is -2.19. The van der Waals surface area contributed by atoms with Crippen LogP contribution in [-0.4, -0.2) is 72.8 Å². The Hall–Kier alpha value is -0.240. The lowest BCUT2D eigenvalue weighted by molar-refractivity contribution is 0.0104. The molecule has 0 aromatic rings. The van der Waals surface area contributed by atoms with Crippen molar-refractivity contribution in [3.8, 4) is 0 Å². The smallest absolute Gasteiger partial charge is 0.100 e. The summed E-state index contributed by atoms with van der Waals surface area (Å²) in [6.07, 6.45) is -0.713. The zero-order valence-corrected chi connectivity index (χ0v) is 9.13. The van der Waals surface area contributed by atoms with Crippen molar-refractivity contribution < 1.29 is 29.9 Å². The summed E-state index contributed by atoms with van der Waals surface area (Å²) < 4.78 is 9.41. The van der Waals surface area contributed by atoms with E-state index < -0.39 is 6.10 Å². The number of ether oxygens (including phenoxy) is 2. The van der Waals surface area contributed by atoms with Crippen molar-refractivity contribution in [2.24, 2.45) is 0 Å². The van der Waals surface area contributed by atoms with E-state index in [2.05, 4.69) is 4.74 Å². The second kappa shape index (κ2) is 16.2. The van der Waals surface area contributed by atoms with E-state index in [1.807, 2.05) is 6.92 Å². The maximum Gasteiger partial charge on any atom is 0.100 e. The molecule has 6 heteroatoms. The molecular formula is C9H22O6. The van der Waals surface area contributed by atoms with Crippen molar-refractivity contribution in [1.82, 2.24) is 0 Å². The van der Waals surface area contributed by atoms with Gasteiger partial charge in [-0.15, -0.1) is 0 Å². The molecule has 0 aromatic heterocycles. The Kier molecular flexibility index (Phi) is 18.5. The van der Waals surface area contributed by atoms with Gasteiger partial charge in [-0.2, -0.15) is 0 Å². The fraction of sp³-hybridized carbons (Fsp3) is 1.00. The van der Waals surface area contributed by atoms with Gasteiger partial charge in [0.15, 0.2) is 0 Å². The van der Waals surface area contributed by atoms with Gasteiger partial charge >= 0.3 is 0 Å². The molecule has 0 radical (unpaired) electrons. The molecule has 15 heavy (non-hydrogen) atoms. The average molecular weight is 226 g/mol. The zero-order chi connectivity index (χ0) is 11.9. The van der Waals surface area contributed by atoms with Crippen LogP contribution in [-0.2, 0) is 9.47 Å². The van der Waals surface area contributed by atoms with Crippen molar-refractivity contribution >= 4 is 0 Å².